The first-order valence-corrected chi connectivity index (χ1v) is 6.18. The van der Waals surface area contributed by atoms with Crippen molar-refractivity contribution in [3.05, 3.63) is 0 Å². The van der Waals surface area contributed by atoms with Gasteiger partial charge < -0.3 is 9.64 Å². The Balaban J connectivity index is 2.08. The summed E-state index contributed by atoms with van der Waals surface area (Å²) in [6.07, 6.45) is 3.05. The van der Waals surface area contributed by atoms with Crippen LogP contribution in [0.3, 0.4) is 0 Å². The molecule has 90 valence electrons. The number of carbonyl (C=O) groups is 1. The third kappa shape index (κ3) is 2.20. The van der Waals surface area contributed by atoms with E-state index in [1.807, 2.05) is 18.7 Å². The van der Waals surface area contributed by atoms with Crippen molar-refractivity contribution in [2.45, 2.75) is 39.2 Å². The summed E-state index contributed by atoms with van der Waals surface area (Å²) in [6.45, 7) is 6.33. The maximum Gasteiger partial charge on any atom is 0.225 e. The molecular formula is C12H20N2O2. The van der Waals surface area contributed by atoms with Gasteiger partial charge in [-0.05, 0) is 12.8 Å². The Morgan fingerprint density at radius 1 is 1.50 bits per heavy atom. The van der Waals surface area contributed by atoms with E-state index >= 15 is 0 Å². The molecule has 4 heteroatoms. The van der Waals surface area contributed by atoms with E-state index in [4.69, 9.17) is 4.74 Å². The summed E-state index contributed by atoms with van der Waals surface area (Å²) in [4.78, 5) is 18.4. The summed E-state index contributed by atoms with van der Waals surface area (Å²) in [5.41, 5.74) is 0. The van der Waals surface area contributed by atoms with Crippen molar-refractivity contribution in [2.75, 3.05) is 19.7 Å². The lowest BCUT2D eigenvalue weighted by molar-refractivity contribution is -0.134. The van der Waals surface area contributed by atoms with Crippen LogP contribution in [0, 0.1) is 5.92 Å². The van der Waals surface area contributed by atoms with Gasteiger partial charge in [0.15, 0.2) is 0 Å². The fraction of sp³-hybridized carbons (Fsp3) is 0.833. The van der Waals surface area contributed by atoms with E-state index in [-0.39, 0.29) is 17.9 Å². The molecule has 16 heavy (non-hydrogen) atoms. The molecule has 1 saturated heterocycles. The highest BCUT2D eigenvalue weighted by Crippen LogP contribution is 2.22. The average Bonchev–Trinajstić information content (AvgIpc) is 2.77. The number of ether oxygens (including phenoxy) is 1. The zero-order valence-corrected chi connectivity index (χ0v) is 10.1. The van der Waals surface area contributed by atoms with Gasteiger partial charge in [-0.15, -0.1) is 0 Å². The zero-order chi connectivity index (χ0) is 11.5. The Labute approximate surface area is 96.7 Å². The quantitative estimate of drug-likeness (QED) is 0.712. The van der Waals surface area contributed by atoms with Crippen molar-refractivity contribution < 1.29 is 9.53 Å². The average molecular weight is 224 g/mol. The maximum atomic E-state index is 12.0. The van der Waals surface area contributed by atoms with E-state index < -0.39 is 0 Å². The van der Waals surface area contributed by atoms with Gasteiger partial charge in [-0.1, -0.05) is 13.8 Å². The molecule has 0 spiro atoms. The molecule has 0 aromatic carbocycles. The smallest absolute Gasteiger partial charge is 0.225 e. The van der Waals surface area contributed by atoms with E-state index in [2.05, 4.69) is 4.99 Å². The molecule has 2 aliphatic rings. The van der Waals surface area contributed by atoms with Crippen molar-refractivity contribution in [3.63, 3.8) is 0 Å². The van der Waals surface area contributed by atoms with E-state index in [1.54, 1.807) is 0 Å². The van der Waals surface area contributed by atoms with Gasteiger partial charge in [-0.3, -0.25) is 9.79 Å². The van der Waals surface area contributed by atoms with Gasteiger partial charge in [0, 0.05) is 25.4 Å². The molecule has 0 aromatic heterocycles. The van der Waals surface area contributed by atoms with Crippen LogP contribution in [-0.2, 0) is 9.53 Å². The SMILES string of the molecule is CC(C)C(=O)N1CCCC1C1=NCCCO1. The highest BCUT2D eigenvalue weighted by Gasteiger charge is 2.34. The summed E-state index contributed by atoms with van der Waals surface area (Å²) in [6, 6.07) is 0.107. The van der Waals surface area contributed by atoms with Crippen LogP contribution in [0.25, 0.3) is 0 Å². The molecule has 2 heterocycles. The molecule has 2 aliphatic heterocycles. The lowest BCUT2D eigenvalue weighted by Gasteiger charge is -2.28. The second-order valence-corrected chi connectivity index (χ2v) is 4.77. The van der Waals surface area contributed by atoms with Crippen LogP contribution in [0.15, 0.2) is 4.99 Å². The maximum absolute atomic E-state index is 12.0. The lowest BCUT2D eigenvalue weighted by Crippen LogP contribution is -2.44. The second kappa shape index (κ2) is 4.85. The summed E-state index contributed by atoms with van der Waals surface area (Å²) >= 11 is 0. The number of amides is 1. The molecule has 0 bridgehead atoms. The Morgan fingerprint density at radius 2 is 2.31 bits per heavy atom. The zero-order valence-electron chi connectivity index (χ0n) is 10.1. The van der Waals surface area contributed by atoms with Gasteiger partial charge in [0.25, 0.3) is 0 Å². The lowest BCUT2D eigenvalue weighted by atomic mass is 10.1. The van der Waals surface area contributed by atoms with Crippen molar-refractivity contribution >= 4 is 11.8 Å². The third-order valence-electron chi connectivity index (χ3n) is 3.13. The molecule has 1 unspecified atom stereocenters. The molecular weight excluding hydrogens is 204 g/mol. The van der Waals surface area contributed by atoms with Crippen molar-refractivity contribution in [2.24, 2.45) is 10.9 Å². The second-order valence-electron chi connectivity index (χ2n) is 4.77. The largest absolute Gasteiger partial charge is 0.479 e. The topological polar surface area (TPSA) is 41.9 Å². The van der Waals surface area contributed by atoms with Gasteiger partial charge >= 0.3 is 0 Å². The number of likely N-dealkylation sites (tertiary alicyclic amines) is 1. The van der Waals surface area contributed by atoms with Crippen LogP contribution in [0.2, 0.25) is 0 Å². The molecule has 1 amide bonds. The molecule has 2 rings (SSSR count). The van der Waals surface area contributed by atoms with Gasteiger partial charge in [0.2, 0.25) is 11.8 Å². The van der Waals surface area contributed by atoms with Gasteiger partial charge in [-0.2, -0.15) is 0 Å². The standard InChI is InChI=1S/C12H20N2O2/c1-9(2)12(15)14-7-3-5-10(14)11-13-6-4-8-16-11/h9-10H,3-8H2,1-2H3. The van der Waals surface area contributed by atoms with Crippen molar-refractivity contribution in [1.29, 1.82) is 0 Å². The van der Waals surface area contributed by atoms with Crippen molar-refractivity contribution in [3.8, 4) is 0 Å². The number of rotatable bonds is 2. The van der Waals surface area contributed by atoms with Gasteiger partial charge in [0.05, 0.1) is 6.61 Å². The highest BCUT2D eigenvalue weighted by atomic mass is 16.5. The van der Waals surface area contributed by atoms with Gasteiger partial charge in [-0.25, -0.2) is 0 Å². The minimum absolute atomic E-state index is 0.0600. The number of carbonyl (C=O) groups excluding carboxylic acids is 1. The minimum atomic E-state index is 0.0600. The number of hydrogen-bond acceptors (Lipinski definition) is 3. The molecule has 0 aliphatic carbocycles. The molecule has 1 atom stereocenters. The predicted octanol–water partition coefficient (Wildman–Crippen LogP) is 1.45. The first-order chi connectivity index (χ1) is 7.70. The number of hydrogen-bond donors (Lipinski definition) is 0. The predicted molar refractivity (Wildman–Crippen MR) is 62.4 cm³/mol. The molecule has 0 aromatic rings. The number of nitrogens with zero attached hydrogens (tertiary/aromatic N) is 2. The van der Waals surface area contributed by atoms with Crippen molar-refractivity contribution in [1.82, 2.24) is 4.90 Å². The third-order valence-corrected chi connectivity index (χ3v) is 3.13. The van der Waals surface area contributed by atoms with Gasteiger partial charge in [0.1, 0.15) is 6.04 Å². The first-order valence-electron chi connectivity index (χ1n) is 6.18. The van der Waals surface area contributed by atoms with Crippen LogP contribution in [0.1, 0.15) is 33.1 Å². The summed E-state index contributed by atoms with van der Waals surface area (Å²) < 4.78 is 5.58. The number of aliphatic imine (C=N–C) groups is 1. The molecule has 1 fully saturated rings. The fourth-order valence-electron chi connectivity index (χ4n) is 2.30. The summed E-state index contributed by atoms with van der Waals surface area (Å²) in [5, 5.41) is 0. The summed E-state index contributed by atoms with van der Waals surface area (Å²) in [7, 11) is 0. The Bertz CT molecular complexity index is 299. The Morgan fingerprint density at radius 3 is 2.94 bits per heavy atom. The van der Waals surface area contributed by atoms with E-state index in [1.165, 1.54) is 0 Å². The molecule has 0 saturated carbocycles. The minimum Gasteiger partial charge on any atom is -0.479 e. The highest BCUT2D eigenvalue weighted by molar-refractivity contribution is 5.89. The fourth-order valence-corrected chi connectivity index (χ4v) is 2.30. The van der Waals surface area contributed by atoms with Crippen LogP contribution in [-0.4, -0.2) is 42.4 Å². The molecule has 0 radical (unpaired) electrons. The molecule has 0 N–H and O–H groups in total. The Kier molecular flexibility index (Phi) is 3.46. The van der Waals surface area contributed by atoms with Crippen LogP contribution >= 0.6 is 0 Å². The van der Waals surface area contributed by atoms with E-state index in [0.29, 0.717) is 0 Å². The van der Waals surface area contributed by atoms with Crippen LogP contribution in [0.4, 0.5) is 0 Å². The summed E-state index contributed by atoms with van der Waals surface area (Å²) in [5.74, 6) is 1.07. The van der Waals surface area contributed by atoms with E-state index in [9.17, 15) is 4.79 Å². The van der Waals surface area contributed by atoms with Crippen LogP contribution < -0.4 is 0 Å². The Hall–Kier alpha value is -1.06. The monoisotopic (exact) mass is 224 g/mol. The first kappa shape index (κ1) is 11.4. The van der Waals surface area contributed by atoms with E-state index in [0.717, 1.165) is 44.9 Å². The van der Waals surface area contributed by atoms with Crippen LogP contribution in [0.5, 0.6) is 0 Å². The normalized spacial score (nSPS) is 25.6. The molecule has 4 nitrogen and oxygen atoms in total.